The van der Waals surface area contributed by atoms with Crippen molar-refractivity contribution < 1.29 is 9.90 Å². The van der Waals surface area contributed by atoms with E-state index in [4.69, 9.17) is 0 Å². The Morgan fingerprint density at radius 2 is 1.88 bits per heavy atom. The molecule has 3 rings (SSSR count). The second kappa shape index (κ2) is 3.86. The van der Waals surface area contributed by atoms with Crippen molar-refractivity contribution in [3.05, 3.63) is 42.5 Å². The van der Waals surface area contributed by atoms with Gasteiger partial charge in [-0.3, -0.25) is 4.79 Å². The van der Waals surface area contributed by atoms with Crippen LogP contribution in [0.2, 0.25) is 0 Å². The Morgan fingerprint density at radius 3 is 2.65 bits per heavy atom. The minimum Gasteiger partial charge on any atom is -0.383 e. The topological polar surface area (TPSA) is 40.5 Å². The number of amides is 1. The standard InChI is InChI=1S/C14H13NO2/c16-13-8-9-15(14(13)17)12-7-3-5-10-4-1-2-6-11(10)12/h1-7,13,16H,8-9H2. The summed E-state index contributed by atoms with van der Waals surface area (Å²) in [6, 6.07) is 13.9. The molecule has 1 saturated heterocycles. The SMILES string of the molecule is O=C1C(O)CCN1c1cccc2ccccc12. The number of carbonyl (C=O) groups is 1. The molecule has 86 valence electrons. The third-order valence-corrected chi connectivity index (χ3v) is 3.23. The smallest absolute Gasteiger partial charge is 0.255 e. The molecule has 1 atom stereocenters. The lowest BCUT2D eigenvalue weighted by molar-refractivity contribution is -0.123. The van der Waals surface area contributed by atoms with Gasteiger partial charge < -0.3 is 10.0 Å². The molecule has 1 heterocycles. The van der Waals surface area contributed by atoms with Gasteiger partial charge in [-0.2, -0.15) is 0 Å². The van der Waals surface area contributed by atoms with Gasteiger partial charge in [-0.05, 0) is 11.5 Å². The van der Waals surface area contributed by atoms with E-state index in [1.54, 1.807) is 4.90 Å². The number of anilines is 1. The number of carbonyl (C=O) groups excluding carboxylic acids is 1. The summed E-state index contributed by atoms with van der Waals surface area (Å²) in [6.45, 7) is 0.591. The molecule has 2 aromatic rings. The maximum absolute atomic E-state index is 11.8. The fourth-order valence-electron chi connectivity index (χ4n) is 2.35. The first kappa shape index (κ1) is 10.3. The first-order valence-corrected chi connectivity index (χ1v) is 5.74. The molecule has 0 radical (unpaired) electrons. The van der Waals surface area contributed by atoms with Crippen LogP contribution in [0.5, 0.6) is 0 Å². The second-order valence-electron chi connectivity index (χ2n) is 4.29. The van der Waals surface area contributed by atoms with Crippen molar-refractivity contribution in [2.24, 2.45) is 0 Å². The maximum Gasteiger partial charge on any atom is 0.255 e. The van der Waals surface area contributed by atoms with Crippen molar-refractivity contribution in [1.82, 2.24) is 0 Å². The number of fused-ring (bicyclic) bond motifs is 1. The highest BCUT2D eigenvalue weighted by atomic mass is 16.3. The van der Waals surface area contributed by atoms with E-state index in [2.05, 4.69) is 0 Å². The highest BCUT2D eigenvalue weighted by molar-refractivity contribution is 6.06. The molecule has 2 aromatic carbocycles. The lowest BCUT2D eigenvalue weighted by Gasteiger charge is -2.18. The number of rotatable bonds is 1. The van der Waals surface area contributed by atoms with Crippen LogP contribution in [0, 0.1) is 0 Å². The average Bonchev–Trinajstić information content (AvgIpc) is 2.69. The fraction of sp³-hybridized carbons (Fsp3) is 0.214. The predicted molar refractivity (Wildman–Crippen MR) is 66.9 cm³/mol. The normalized spacial score (nSPS) is 20.2. The highest BCUT2D eigenvalue weighted by Crippen LogP contribution is 2.29. The van der Waals surface area contributed by atoms with E-state index >= 15 is 0 Å². The molecule has 1 aliphatic heterocycles. The van der Waals surface area contributed by atoms with Gasteiger partial charge >= 0.3 is 0 Å². The molecule has 0 aliphatic carbocycles. The van der Waals surface area contributed by atoms with E-state index in [1.165, 1.54) is 0 Å². The molecule has 1 fully saturated rings. The van der Waals surface area contributed by atoms with Crippen LogP contribution in [0.1, 0.15) is 6.42 Å². The van der Waals surface area contributed by atoms with E-state index in [9.17, 15) is 9.90 Å². The number of aliphatic hydroxyl groups excluding tert-OH is 1. The summed E-state index contributed by atoms with van der Waals surface area (Å²) in [5, 5.41) is 11.7. The molecule has 1 aliphatic rings. The van der Waals surface area contributed by atoms with Gasteiger partial charge in [0, 0.05) is 18.4 Å². The third kappa shape index (κ3) is 1.59. The molecular weight excluding hydrogens is 214 g/mol. The molecule has 3 heteroatoms. The van der Waals surface area contributed by atoms with Crippen molar-refractivity contribution in [2.45, 2.75) is 12.5 Å². The van der Waals surface area contributed by atoms with Crippen LogP contribution < -0.4 is 4.90 Å². The van der Waals surface area contributed by atoms with Gasteiger partial charge in [0.2, 0.25) is 0 Å². The third-order valence-electron chi connectivity index (χ3n) is 3.23. The predicted octanol–water partition coefficient (Wildman–Crippen LogP) is 1.94. The Kier molecular flexibility index (Phi) is 2.34. The number of nitrogens with zero attached hydrogens (tertiary/aromatic N) is 1. The maximum atomic E-state index is 11.8. The Labute approximate surface area is 99.3 Å². The second-order valence-corrected chi connectivity index (χ2v) is 4.29. The summed E-state index contributed by atoms with van der Waals surface area (Å²) in [5.74, 6) is -0.193. The minimum absolute atomic E-state index is 0.193. The molecule has 1 N–H and O–H groups in total. The van der Waals surface area contributed by atoms with Gasteiger partial charge in [-0.15, -0.1) is 0 Å². The van der Waals surface area contributed by atoms with Gasteiger partial charge in [0.15, 0.2) is 0 Å². The number of aliphatic hydroxyl groups is 1. The molecule has 0 spiro atoms. The summed E-state index contributed by atoms with van der Waals surface area (Å²) >= 11 is 0. The van der Waals surface area contributed by atoms with Gasteiger partial charge in [-0.25, -0.2) is 0 Å². The molecule has 17 heavy (non-hydrogen) atoms. The van der Waals surface area contributed by atoms with E-state index in [1.807, 2.05) is 42.5 Å². The zero-order chi connectivity index (χ0) is 11.8. The molecule has 3 nitrogen and oxygen atoms in total. The van der Waals surface area contributed by atoms with Crippen molar-refractivity contribution in [2.75, 3.05) is 11.4 Å². The lowest BCUT2D eigenvalue weighted by Crippen LogP contribution is -2.29. The minimum atomic E-state index is -0.839. The van der Waals surface area contributed by atoms with Crippen LogP contribution in [-0.4, -0.2) is 23.7 Å². The van der Waals surface area contributed by atoms with Crippen LogP contribution in [0.15, 0.2) is 42.5 Å². The number of benzene rings is 2. The summed E-state index contributed by atoms with van der Waals surface area (Å²) in [5.41, 5.74) is 0.893. The molecule has 0 saturated carbocycles. The van der Waals surface area contributed by atoms with Gasteiger partial charge in [0.25, 0.3) is 5.91 Å². The summed E-state index contributed by atoms with van der Waals surface area (Å²) in [7, 11) is 0. The largest absolute Gasteiger partial charge is 0.383 e. The monoisotopic (exact) mass is 227 g/mol. The summed E-state index contributed by atoms with van der Waals surface area (Å²) < 4.78 is 0. The molecule has 1 unspecified atom stereocenters. The fourth-order valence-corrected chi connectivity index (χ4v) is 2.35. The summed E-state index contributed by atoms with van der Waals surface area (Å²) in [4.78, 5) is 13.5. The van der Waals surface area contributed by atoms with Crippen molar-refractivity contribution in [3.8, 4) is 0 Å². The molecule has 0 bridgehead atoms. The first-order valence-electron chi connectivity index (χ1n) is 5.74. The Balaban J connectivity index is 2.15. The highest BCUT2D eigenvalue weighted by Gasteiger charge is 2.31. The zero-order valence-electron chi connectivity index (χ0n) is 9.34. The van der Waals surface area contributed by atoms with Gasteiger partial charge in [-0.1, -0.05) is 36.4 Å². The zero-order valence-corrected chi connectivity index (χ0v) is 9.34. The van der Waals surface area contributed by atoms with Crippen LogP contribution in [0.3, 0.4) is 0 Å². The molecule has 1 amide bonds. The Bertz CT molecular complexity index is 574. The van der Waals surface area contributed by atoms with Crippen molar-refractivity contribution in [3.63, 3.8) is 0 Å². The van der Waals surface area contributed by atoms with Crippen LogP contribution in [-0.2, 0) is 4.79 Å². The summed E-state index contributed by atoms with van der Waals surface area (Å²) in [6.07, 6.45) is -0.323. The van der Waals surface area contributed by atoms with E-state index in [0.717, 1.165) is 16.5 Å². The van der Waals surface area contributed by atoms with Gasteiger partial charge in [0.1, 0.15) is 6.10 Å². The number of hydrogen-bond acceptors (Lipinski definition) is 2. The van der Waals surface area contributed by atoms with E-state index in [0.29, 0.717) is 13.0 Å². The van der Waals surface area contributed by atoms with Crippen LogP contribution in [0.4, 0.5) is 5.69 Å². The lowest BCUT2D eigenvalue weighted by atomic mass is 10.1. The van der Waals surface area contributed by atoms with Crippen molar-refractivity contribution >= 4 is 22.4 Å². The van der Waals surface area contributed by atoms with Crippen LogP contribution >= 0.6 is 0 Å². The molecular formula is C14H13NO2. The quantitative estimate of drug-likeness (QED) is 0.808. The van der Waals surface area contributed by atoms with E-state index < -0.39 is 6.10 Å². The van der Waals surface area contributed by atoms with Crippen LogP contribution in [0.25, 0.3) is 10.8 Å². The van der Waals surface area contributed by atoms with E-state index in [-0.39, 0.29) is 5.91 Å². The first-order chi connectivity index (χ1) is 8.27. The van der Waals surface area contributed by atoms with Gasteiger partial charge in [0.05, 0.1) is 5.69 Å². The Morgan fingerprint density at radius 1 is 1.12 bits per heavy atom. The average molecular weight is 227 g/mol. The Hall–Kier alpha value is -1.87. The van der Waals surface area contributed by atoms with Crippen molar-refractivity contribution in [1.29, 1.82) is 0 Å². The number of hydrogen-bond donors (Lipinski definition) is 1. The molecule has 0 aromatic heterocycles.